The lowest BCUT2D eigenvalue weighted by atomic mass is 10.1. The molecule has 112 valence electrons. The molecule has 1 N–H and O–H groups in total. The van der Waals surface area contributed by atoms with E-state index in [1.165, 1.54) is 6.08 Å². The van der Waals surface area contributed by atoms with Crippen molar-refractivity contribution in [3.63, 3.8) is 0 Å². The molecule has 1 heterocycles. The predicted molar refractivity (Wildman–Crippen MR) is 82.0 cm³/mol. The number of hydrogen-bond acceptors (Lipinski definition) is 3. The van der Waals surface area contributed by atoms with Gasteiger partial charge in [-0.25, -0.2) is 8.78 Å². The number of nitrogens with zero attached hydrogens (tertiary/aromatic N) is 1. The van der Waals surface area contributed by atoms with Crippen LogP contribution in [-0.4, -0.2) is 12.8 Å². The number of benzene rings is 2. The first-order chi connectivity index (χ1) is 10.4. The standard InChI is InChI=1S/C17H14F2N2O/c1-10-3-4-15-14(5-10)20-17(21(15)2)9-16(22)11-6-12(18)8-13(19)7-11/h3-9,20H,1-2H3/b17-9+. The number of anilines is 2. The third kappa shape index (κ3) is 2.57. The highest BCUT2D eigenvalue weighted by Gasteiger charge is 2.21. The normalized spacial score (nSPS) is 14.9. The smallest absolute Gasteiger partial charge is 0.189 e. The third-order valence-electron chi connectivity index (χ3n) is 3.55. The number of carbonyl (C=O) groups is 1. The van der Waals surface area contributed by atoms with E-state index in [-0.39, 0.29) is 5.56 Å². The monoisotopic (exact) mass is 300 g/mol. The van der Waals surface area contributed by atoms with Gasteiger partial charge in [0.2, 0.25) is 0 Å². The molecule has 0 saturated carbocycles. The molecule has 0 saturated heterocycles. The van der Waals surface area contributed by atoms with Gasteiger partial charge >= 0.3 is 0 Å². The molecule has 0 unspecified atom stereocenters. The number of allylic oxidation sites excluding steroid dienone is 1. The minimum Gasteiger partial charge on any atom is -0.340 e. The average molecular weight is 300 g/mol. The maximum Gasteiger partial charge on any atom is 0.189 e. The summed E-state index contributed by atoms with van der Waals surface area (Å²) in [5, 5.41) is 3.13. The van der Waals surface area contributed by atoms with Crippen LogP contribution in [0.1, 0.15) is 15.9 Å². The Kier molecular flexibility index (Phi) is 3.41. The van der Waals surface area contributed by atoms with Gasteiger partial charge in [-0.15, -0.1) is 0 Å². The van der Waals surface area contributed by atoms with E-state index in [4.69, 9.17) is 0 Å². The summed E-state index contributed by atoms with van der Waals surface area (Å²) in [5.74, 6) is -1.44. The Balaban J connectivity index is 1.92. The van der Waals surface area contributed by atoms with Crippen LogP contribution in [0.4, 0.5) is 20.2 Å². The van der Waals surface area contributed by atoms with Gasteiger partial charge in [-0.1, -0.05) is 6.07 Å². The van der Waals surface area contributed by atoms with Crippen LogP contribution in [0.15, 0.2) is 48.3 Å². The number of aryl methyl sites for hydroxylation is 1. The zero-order chi connectivity index (χ0) is 15.9. The Bertz CT molecular complexity index is 779. The molecular weight excluding hydrogens is 286 g/mol. The van der Waals surface area contributed by atoms with E-state index in [1.54, 1.807) is 0 Å². The van der Waals surface area contributed by atoms with Gasteiger partial charge in [0.15, 0.2) is 5.78 Å². The lowest BCUT2D eigenvalue weighted by Crippen LogP contribution is -2.16. The van der Waals surface area contributed by atoms with Crippen LogP contribution < -0.4 is 10.2 Å². The highest BCUT2D eigenvalue weighted by atomic mass is 19.1. The van der Waals surface area contributed by atoms with E-state index >= 15 is 0 Å². The quantitative estimate of drug-likeness (QED) is 0.675. The molecule has 1 aliphatic rings. The van der Waals surface area contributed by atoms with Crippen LogP contribution in [0.2, 0.25) is 0 Å². The number of rotatable bonds is 2. The fraction of sp³-hybridized carbons (Fsp3) is 0.118. The van der Waals surface area contributed by atoms with Crippen molar-refractivity contribution >= 4 is 17.2 Å². The molecular formula is C17H14F2N2O. The largest absolute Gasteiger partial charge is 0.340 e. The van der Waals surface area contributed by atoms with E-state index in [0.717, 1.165) is 35.1 Å². The topological polar surface area (TPSA) is 32.3 Å². The molecule has 0 amide bonds. The van der Waals surface area contributed by atoms with Gasteiger partial charge in [-0.3, -0.25) is 4.79 Å². The number of nitrogens with one attached hydrogen (secondary N) is 1. The number of hydrogen-bond donors (Lipinski definition) is 1. The van der Waals surface area contributed by atoms with Crippen LogP contribution in [-0.2, 0) is 0 Å². The maximum atomic E-state index is 13.2. The number of ketones is 1. The molecule has 0 aromatic heterocycles. The molecule has 0 aliphatic carbocycles. The summed E-state index contributed by atoms with van der Waals surface area (Å²) in [6, 6.07) is 8.68. The first-order valence-electron chi connectivity index (χ1n) is 6.77. The Labute approximate surface area is 126 Å². The van der Waals surface area contributed by atoms with Crippen molar-refractivity contribution in [3.8, 4) is 0 Å². The molecule has 5 heteroatoms. The summed E-state index contributed by atoms with van der Waals surface area (Å²) in [4.78, 5) is 14.0. The fourth-order valence-electron chi connectivity index (χ4n) is 2.43. The second-order valence-electron chi connectivity index (χ2n) is 5.26. The predicted octanol–water partition coefficient (Wildman–Crippen LogP) is 3.86. The Morgan fingerprint density at radius 3 is 2.50 bits per heavy atom. The SMILES string of the molecule is Cc1ccc2c(c1)N/C(=C\C(=O)c1cc(F)cc(F)c1)N2C. The Morgan fingerprint density at radius 2 is 1.82 bits per heavy atom. The van der Waals surface area contributed by atoms with Gasteiger partial charge in [0.25, 0.3) is 0 Å². The van der Waals surface area contributed by atoms with Gasteiger partial charge in [0.05, 0.1) is 11.4 Å². The van der Waals surface area contributed by atoms with Crippen molar-refractivity contribution in [1.29, 1.82) is 0 Å². The highest BCUT2D eigenvalue weighted by Crippen LogP contribution is 2.35. The molecule has 0 atom stereocenters. The number of fused-ring (bicyclic) bond motifs is 1. The number of halogens is 2. The molecule has 2 aromatic rings. The van der Waals surface area contributed by atoms with E-state index < -0.39 is 17.4 Å². The molecule has 3 nitrogen and oxygen atoms in total. The van der Waals surface area contributed by atoms with E-state index in [2.05, 4.69) is 5.32 Å². The summed E-state index contributed by atoms with van der Waals surface area (Å²) in [6.45, 7) is 1.98. The lowest BCUT2D eigenvalue weighted by molar-refractivity contribution is 0.104. The van der Waals surface area contributed by atoms with Crippen LogP contribution in [0.5, 0.6) is 0 Å². The van der Waals surface area contributed by atoms with E-state index in [1.807, 2.05) is 37.1 Å². The molecule has 0 radical (unpaired) electrons. The third-order valence-corrected chi connectivity index (χ3v) is 3.55. The Morgan fingerprint density at radius 1 is 1.14 bits per heavy atom. The van der Waals surface area contributed by atoms with Crippen molar-refractivity contribution in [2.45, 2.75) is 6.92 Å². The number of carbonyl (C=O) groups excluding carboxylic acids is 1. The second kappa shape index (κ2) is 5.26. The molecule has 1 aliphatic heterocycles. The van der Waals surface area contributed by atoms with Crippen molar-refractivity contribution in [3.05, 3.63) is 71.1 Å². The van der Waals surface area contributed by atoms with Gasteiger partial charge in [0, 0.05) is 24.8 Å². The Hall–Kier alpha value is -2.69. The van der Waals surface area contributed by atoms with Gasteiger partial charge in [0.1, 0.15) is 17.5 Å². The molecule has 22 heavy (non-hydrogen) atoms. The van der Waals surface area contributed by atoms with Crippen LogP contribution >= 0.6 is 0 Å². The van der Waals surface area contributed by atoms with E-state index in [0.29, 0.717) is 5.82 Å². The first-order valence-corrected chi connectivity index (χ1v) is 6.77. The van der Waals surface area contributed by atoms with Crippen LogP contribution in [0.3, 0.4) is 0 Å². The zero-order valence-corrected chi connectivity index (χ0v) is 12.2. The molecule has 0 spiro atoms. The van der Waals surface area contributed by atoms with Gasteiger partial charge in [-0.2, -0.15) is 0 Å². The summed E-state index contributed by atoms with van der Waals surface area (Å²) in [7, 11) is 1.82. The van der Waals surface area contributed by atoms with Crippen LogP contribution in [0.25, 0.3) is 0 Å². The summed E-state index contributed by atoms with van der Waals surface area (Å²) in [6.07, 6.45) is 1.34. The average Bonchev–Trinajstić information content (AvgIpc) is 2.73. The first kappa shape index (κ1) is 14.3. The van der Waals surface area contributed by atoms with Gasteiger partial charge in [-0.05, 0) is 36.8 Å². The van der Waals surface area contributed by atoms with Crippen molar-refractivity contribution in [2.24, 2.45) is 0 Å². The maximum absolute atomic E-state index is 13.2. The van der Waals surface area contributed by atoms with Crippen LogP contribution in [0, 0.1) is 18.6 Å². The summed E-state index contributed by atoms with van der Waals surface area (Å²) in [5.41, 5.74) is 2.91. The molecule has 2 aromatic carbocycles. The molecule has 3 rings (SSSR count). The molecule has 0 fully saturated rings. The minimum atomic E-state index is -0.770. The molecule has 0 bridgehead atoms. The second-order valence-corrected chi connectivity index (χ2v) is 5.26. The summed E-state index contributed by atoms with van der Waals surface area (Å²) < 4.78 is 26.4. The van der Waals surface area contributed by atoms with Gasteiger partial charge < -0.3 is 10.2 Å². The van der Waals surface area contributed by atoms with Crippen molar-refractivity contribution in [1.82, 2.24) is 0 Å². The minimum absolute atomic E-state index is 0.0210. The lowest BCUT2D eigenvalue weighted by Gasteiger charge is -2.12. The van der Waals surface area contributed by atoms with E-state index in [9.17, 15) is 13.6 Å². The fourth-order valence-corrected chi connectivity index (χ4v) is 2.43. The van der Waals surface area contributed by atoms with Crippen molar-refractivity contribution < 1.29 is 13.6 Å². The highest BCUT2D eigenvalue weighted by molar-refractivity contribution is 6.06. The van der Waals surface area contributed by atoms with Crippen molar-refractivity contribution in [2.75, 3.05) is 17.3 Å². The zero-order valence-electron chi connectivity index (χ0n) is 12.2. The summed E-state index contributed by atoms with van der Waals surface area (Å²) >= 11 is 0.